The van der Waals surface area contributed by atoms with Crippen molar-refractivity contribution in [1.29, 1.82) is 0 Å². The van der Waals surface area contributed by atoms with Gasteiger partial charge in [0.1, 0.15) is 0 Å². The first-order valence-corrected chi connectivity index (χ1v) is 6.93. The minimum absolute atomic E-state index is 0.727. The molecule has 0 bridgehead atoms. The maximum Gasteiger partial charge on any atom is 0.175 e. The second kappa shape index (κ2) is 4.86. The second-order valence-electron chi connectivity index (χ2n) is 4.61. The Hall–Kier alpha value is -0.740. The third kappa shape index (κ3) is 2.75. The Balaban J connectivity index is 1.80. The summed E-state index contributed by atoms with van der Waals surface area (Å²) >= 11 is 3.56. The number of benzene rings is 1. The van der Waals surface area contributed by atoms with Gasteiger partial charge < -0.3 is 14.8 Å². The van der Waals surface area contributed by atoms with Crippen molar-refractivity contribution in [3.63, 3.8) is 0 Å². The highest BCUT2D eigenvalue weighted by molar-refractivity contribution is 9.10. The van der Waals surface area contributed by atoms with Crippen molar-refractivity contribution in [2.75, 3.05) is 13.2 Å². The fourth-order valence-electron chi connectivity index (χ4n) is 1.94. The van der Waals surface area contributed by atoms with Crippen molar-refractivity contribution in [3.05, 3.63) is 22.2 Å². The predicted octanol–water partition coefficient (Wildman–Crippen LogP) is 2.86. The molecule has 3 nitrogen and oxygen atoms in total. The van der Waals surface area contributed by atoms with E-state index < -0.39 is 0 Å². The number of nitrogens with one attached hydrogen (secondary N) is 1. The largest absolute Gasteiger partial charge is 0.490 e. The summed E-state index contributed by atoms with van der Waals surface area (Å²) < 4.78 is 12.4. The van der Waals surface area contributed by atoms with Gasteiger partial charge in [-0.3, -0.25) is 0 Å². The molecule has 0 atom stereocenters. The summed E-state index contributed by atoms with van der Waals surface area (Å²) in [4.78, 5) is 0. The second-order valence-corrected chi connectivity index (χ2v) is 5.46. The van der Waals surface area contributed by atoms with Crippen LogP contribution >= 0.6 is 15.9 Å². The number of ether oxygens (including phenoxy) is 2. The molecule has 1 saturated carbocycles. The average Bonchev–Trinajstić information content (AvgIpc) is 3.13. The molecule has 0 unspecified atom stereocenters. The highest BCUT2D eigenvalue weighted by Gasteiger charge is 2.21. The molecule has 92 valence electrons. The van der Waals surface area contributed by atoms with Crippen LogP contribution in [0.1, 0.15) is 24.8 Å². The van der Waals surface area contributed by atoms with E-state index in [-0.39, 0.29) is 0 Å². The third-order valence-electron chi connectivity index (χ3n) is 3.03. The SMILES string of the molecule is Brc1cc(CNC2CC2)cc2c1OCCCO2. The van der Waals surface area contributed by atoms with Gasteiger partial charge in [-0.05, 0) is 46.5 Å². The summed E-state index contributed by atoms with van der Waals surface area (Å²) in [5.74, 6) is 1.71. The van der Waals surface area contributed by atoms with E-state index in [2.05, 4.69) is 33.4 Å². The molecule has 1 heterocycles. The number of rotatable bonds is 3. The van der Waals surface area contributed by atoms with Crippen molar-refractivity contribution < 1.29 is 9.47 Å². The molecule has 3 rings (SSSR count). The molecule has 0 saturated heterocycles. The highest BCUT2D eigenvalue weighted by Crippen LogP contribution is 2.38. The van der Waals surface area contributed by atoms with Crippen LogP contribution in [0.4, 0.5) is 0 Å². The van der Waals surface area contributed by atoms with Gasteiger partial charge in [-0.1, -0.05) is 0 Å². The number of halogens is 1. The molecule has 0 spiro atoms. The third-order valence-corrected chi connectivity index (χ3v) is 3.62. The number of hydrogen-bond acceptors (Lipinski definition) is 3. The van der Waals surface area contributed by atoms with Gasteiger partial charge in [-0.15, -0.1) is 0 Å². The van der Waals surface area contributed by atoms with Gasteiger partial charge in [-0.2, -0.15) is 0 Å². The van der Waals surface area contributed by atoms with Gasteiger partial charge in [0.2, 0.25) is 0 Å². The molecule has 0 aromatic heterocycles. The number of hydrogen-bond donors (Lipinski definition) is 1. The van der Waals surface area contributed by atoms with E-state index in [0.717, 1.165) is 48.2 Å². The minimum atomic E-state index is 0.727. The van der Waals surface area contributed by atoms with Crippen molar-refractivity contribution in [2.45, 2.75) is 31.8 Å². The Morgan fingerprint density at radius 1 is 1.24 bits per heavy atom. The van der Waals surface area contributed by atoms with Crippen molar-refractivity contribution >= 4 is 15.9 Å². The molecule has 1 aliphatic heterocycles. The van der Waals surface area contributed by atoms with Crippen LogP contribution in [-0.2, 0) is 6.54 Å². The van der Waals surface area contributed by atoms with Crippen LogP contribution in [0.3, 0.4) is 0 Å². The van der Waals surface area contributed by atoms with Crippen molar-refractivity contribution in [3.8, 4) is 11.5 Å². The molecular formula is C13H16BrNO2. The first-order valence-electron chi connectivity index (χ1n) is 6.14. The quantitative estimate of drug-likeness (QED) is 0.931. The van der Waals surface area contributed by atoms with E-state index in [1.807, 2.05) is 0 Å². The lowest BCUT2D eigenvalue weighted by Crippen LogP contribution is -2.15. The molecular weight excluding hydrogens is 282 g/mol. The molecule has 1 aromatic rings. The van der Waals surface area contributed by atoms with Crippen molar-refractivity contribution in [1.82, 2.24) is 5.32 Å². The summed E-state index contributed by atoms with van der Waals surface area (Å²) in [5, 5.41) is 3.51. The summed E-state index contributed by atoms with van der Waals surface area (Å²) in [5.41, 5.74) is 1.24. The van der Waals surface area contributed by atoms with Crippen LogP contribution < -0.4 is 14.8 Å². The minimum Gasteiger partial charge on any atom is -0.490 e. The molecule has 1 fully saturated rings. The zero-order chi connectivity index (χ0) is 11.7. The summed E-state index contributed by atoms with van der Waals surface area (Å²) in [7, 11) is 0. The smallest absolute Gasteiger partial charge is 0.175 e. The van der Waals surface area contributed by atoms with Gasteiger partial charge in [-0.25, -0.2) is 0 Å². The molecule has 1 aliphatic carbocycles. The zero-order valence-corrected chi connectivity index (χ0v) is 11.3. The Morgan fingerprint density at radius 3 is 2.88 bits per heavy atom. The van der Waals surface area contributed by atoms with Gasteiger partial charge in [0.25, 0.3) is 0 Å². The molecule has 0 radical (unpaired) electrons. The van der Waals surface area contributed by atoms with Crippen LogP contribution in [-0.4, -0.2) is 19.3 Å². The molecule has 1 aromatic carbocycles. The van der Waals surface area contributed by atoms with Crippen LogP contribution in [0.2, 0.25) is 0 Å². The van der Waals surface area contributed by atoms with Crippen LogP contribution in [0, 0.1) is 0 Å². The van der Waals surface area contributed by atoms with E-state index in [4.69, 9.17) is 9.47 Å². The summed E-state index contributed by atoms with van der Waals surface area (Å²) in [6.45, 7) is 2.37. The Kier molecular flexibility index (Phi) is 3.25. The average molecular weight is 298 g/mol. The van der Waals surface area contributed by atoms with Gasteiger partial charge in [0, 0.05) is 19.0 Å². The van der Waals surface area contributed by atoms with E-state index in [9.17, 15) is 0 Å². The molecule has 17 heavy (non-hydrogen) atoms. The molecule has 0 amide bonds. The fraction of sp³-hybridized carbons (Fsp3) is 0.538. The zero-order valence-electron chi connectivity index (χ0n) is 9.67. The van der Waals surface area contributed by atoms with E-state index in [1.165, 1.54) is 18.4 Å². The Bertz CT molecular complexity index is 418. The summed E-state index contributed by atoms with van der Waals surface area (Å²) in [6.07, 6.45) is 3.56. The number of fused-ring (bicyclic) bond motifs is 1. The fourth-order valence-corrected chi connectivity index (χ4v) is 2.54. The Labute approximate surface area is 110 Å². The van der Waals surface area contributed by atoms with Gasteiger partial charge >= 0.3 is 0 Å². The van der Waals surface area contributed by atoms with Crippen LogP contribution in [0.15, 0.2) is 16.6 Å². The van der Waals surface area contributed by atoms with Gasteiger partial charge in [0.05, 0.1) is 17.7 Å². The molecule has 1 N–H and O–H groups in total. The van der Waals surface area contributed by atoms with E-state index >= 15 is 0 Å². The summed E-state index contributed by atoms with van der Waals surface area (Å²) in [6, 6.07) is 4.92. The lowest BCUT2D eigenvalue weighted by molar-refractivity contribution is 0.296. The first kappa shape index (κ1) is 11.4. The Morgan fingerprint density at radius 2 is 2.06 bits per heavy atom. The lowest BCUT2D eigenvalue weighted by Gasteiger charge is -2.12. The lowest BCUT2D eigenvalue weighted by atomic mass is 10.2. The monoisotopic (exact) mass is 297 g/mol. The van der Waals surface area contributed by atoms with E-state index in [0.29, 0.717) is 0 Å². The maximum absolute atomic E-state index is 5.71. The predicted molar refractivity (Wildman–Crippen MR) is 69.6 cm³/mol. The van der Waals surface area contributed by atoms with Gasteiger partial charge in [0.15, 0.2) is 11.5 Å². The van der Waals surface area contributed by atoms with Crippen LogP contribution in [0.5, 0.6) is 11.5 Å². The normalized spacial score (nSPS) is 18.9. The maximum atomic E-state index is 5.71. The van der Waals surface area contributed by atoms with Crippen LogP contribution in [0.25, 0.3) is 0 Å². The van der Waals surface area contributed by atoms with Crippen molar-refractivity contribution in [2.24, 2.45) is 0 Å². The molecule has 2 aliphatic rings. The topological polar surface area (TPSA) is 30.5 Å². The van der Waals surface area contributed by atoms with E-state index in [1.54, 1.807) is 0 Å². The first-order chi connectivity index (χ1) is 8.33. The molecule has 4 heteroatoms. The highest BCUT2D eigenvalue weighted by atomic mass is 79.9. The standard InChI is InChI=1S/C13H16BrNO2/c14-11-6-9(8-15-10-2-3-10)7-12-13(11)17-5-1-4-16-12/h6-7,10,15H,1-5,8H2.